The number of nitrogens with zero attached hydrogens (tertiary/aromatic N) is 1. The third-order valence-electron chi connectivity index (χ3n) is 3.48. The van der Waals surface area contributed by atoms with Crippen molar-refractivity contribution in [3.63, 3.8) is 0 Å². The van der Waals surface area contributed by atoms with Crippen LogP contribution in [-0.4, -0.2) is 35.7 Å². The zero-order valence-corrected chi connectivity index (χ0v) is 11.6. The van der Waals surface area contributed by atoms with Crippen LogP contribution in [0.15, 0.2) is 17.7 Å². The lowest BCUT2D eigenvalue weighted by Crippen LogP contribution is -2.29. The molecule has 0 spiro atoms. The summed E-state index contributed by atoms with van der Waals surface area (Å²) in [5, 5.41) is 13.2. The first-order valence-corrected chi connectivity index (χ1v) is 6.55. The van der Waals surface area contributed by atoms with Crippen molar-refractivity contribution in [1.29, 1.82) is 0 Å². The van der Waals surface area contributed by atoms with E-state index in [1.54, 1.807) is 0 Å². The minimum Gasteiger partial charge on any atom is -0.347 e. The molecule has 104 valence electrons. The van der Waals surface area contributed by atoms with Gasteiger partial charge in [-0.25, -0.2) is 0 Å². The number of aromatic amines is 1. The Kier molecular flexibility index (Phi) is 4.61. The average Bonchev–Trinajstić information content (AvgIpc) is 3.15. The number of H-pyrrole nitrogens is 1. The lowest BCUT2D eigenvalue weighted by Gasteiger charge is -2.14. The molecule has 1 aliphatic heterocycles. The highest BCUT2D eigenvalue weighted by atomic mass is 35.5. The second kappa shape index (κ2) is 6.21. The van der Waals surface area contributed by atoms with Gasteiger partial charge in [-0.1, -0.05) is 11.6 Å². The van der Waals surface area contributed by atoms with Crippen LogP contribution in [0.1, 0.15) is 41.4 Å². The monoisotopic (exact) mass is 282 g/mol. The van der Waals surface area contributed by atoms with Gasteiger partial charge < -0.3 is 10.6 Å². The fraction of sp³-hybridized carbons (Fsp3) is 0.538. The summed E-state index contributed by atoms with van der Waals surface area (Å²) in [5.74, 6) is 0.517. The molecule has 1 aliphatic carbocycles. The molecule has 1 aromatic rings. The van der Waals surface area contributed by atoms with E-state index in [2.05, 4.69) is 26.9 Å². The highest BCUT2D eigenvalue weighted by Gasteiger charge is 2.26. The van der Waals surface area contributed by atoms with Crippen LogP contribution in [0.4, 0.5) is 0 Å². The topological polar surface area (TPSA) is 69.8 Å². The van der Waals surface area contributed by atoms with Crippen molar-refractivity contribution in [3.05, 3.63) is 29.1 Å². The van der Waals surface area contributed by atoms with Crippen LogP contribution in [0.5, 0.6) is 0 Å². The Hall–Kier alpha value is -1.33. The standard InChI is InChI=1S/C13H18N4O.ClH/c18-13(15-8-9-3-5-14-6-4-9)12-7-11(16-17-12)10-1-2-10;/h3,7,10,14H,1-2,4-6,8H2,(H,15,18)(H,16,17);1H. The molecule has 19 heavy (non-hydrogen) atoms. The summed E-state index contributed by atoms with van der Waals surface area (Å²) in [4.78, 5) is 11.9. The molecule has 1 aromatic heterocycles. The van der Waals surface area contributed by atoms with Gasteiger partial charge in [0.15, 0.2) is 0 Å². The van der Waals surface area contributed by atoms with Gasteiger partial charge in [0, 0.05) is 24.7 Å². The second-order valence-electron chi connectivity index (χ2n) is 4.98. The SMILES string of the molecule is Cl.O=C(NCC1=CCNCC1)c1cc(C2CC2)[nH]n1. The van der Waals surface area contributed by atoms with Gasteiger partial charge >= 0.3 is 0 Å². The zero-order chi connectivity index (χ0) is 12.4. The Bertz CT molecular complexity index is 479. The van der Waals surface area contributed by atoms with Crippen LogP contribution in [0.2, 0.25) is 0 Å². The van der Waals surface area contributed by atoms with Gasteiger partial charge in [-0.15, -0.1) is 12.4 Å². The van der Waals surface area contributed by atoms with Gasteiger partial charge in [-0.2, -0.15) is 5.10 Å². The minimum absolute atomic E-state index is 0. The Morgan fingerprint density at radius 3 is 3.00 bits per heavy atom. The van der Waals surface area contributed by atoms with E-state index in [4.69, 9.17) is 0 Å². The molecule has 3 N–H and O–H groups in total. The predicted octanol–water partition coefficient (Wildman–Crippen LogP) is 1.36. The maximum Gasteiger partial charge on any atom is 0.272 e. The average molecular weight is 283 g/mol. The Labute approximate surface area is 118 Å². The van der Waals surface area contributed by atoms with Crippen LogP contribution >= 0.6 is 12.4 Å². The minimum atomic E-state index is -0.0856. The number of halogens is 1. The highest BCUT2D eigenvalue weighted by molar-refractivity contribution is 5.92. The van der Waals surface area contributed by atoms with E-state index in [0.29, 0.717) is 18.2 Å². The van der Waals surface area contributed by atoms with E-state index in [-0.39, 0.29) is 18.3 Å². The molecular formula is C13H19ClN4O. The van der Waals surface area contributed by atoms with E-state index in [1.807, 2.05) is 6.07 Å². The first kappa shape index (κ1) is 14.1. The Morgan fingerprint density at radius 1 is 1.47 bits per heavy atom. The molecular weight excluding hydrogens is 264 g/mol. The molecule has 0 bridgehead atoms. The van der Waals surface area contributed by atoms with Crippen LogP contribution in [0, 0.1) is 0 Å². The molecule has 6 heteroatoms. The summed E-state index contributed by atoms with van der Waals surface area (Å²) in [6.45, 7) is 2.53. The van der Waals surface area contributed by atoms with Gasteiger partial charge in [0.2, 0.25) is 0 Å². The fourth-order valence-corrected chi connectivity index (χ4v) is 2.17. The maximum absolute atomic E-state index is 11.9. The summed E-state index contributed by atoms with van der Waals surface area (Å²) in [6.07, 6.45) is 5.57. The molecule has 1 saturated carbocycles. The molecule has 0 saturated heterocycles. The number of hydrogen-bond acceptors (Lipinski definition) is 3. The molecule has 0 aromatic carbocycles. The molecule has 3 rings (SSSR count). The van der Waals surface area contributed by atoms with E-state index >= 15 is 0 Å². The largest absolute Gasteiger partial charge is 0.347 e. The van der Waals surface area contributed by atoms with Crippen LogP contribution in [0.25, 0.3) is 0 Å². The van der Waals surface area contributed by atoms with Crippen LogP contribution in [-0.2, 0) is 0 Å². The second-order valence-corrected chi connectivity index (χ2v) is 4.98. The number of amides is 1. The predicted molar refractivity (Wildman–Crippen MR) is 75.7 cm³/mol. The quantitative estimate of drug-likeness (QED) is 0.731. The maximum atomic E-state index is 11.9. The van der Waals surface area contributed by atoms with Gasteiger partial charge in [-0.05, 0) is 31.9 Å². The van der Waals surface area contributed by atoms with E-state index in [0.717, 1.165) is 25.2 Å². The van der Waals surface area contributed by atoms with Crippen molar-refractivity contribution in [3.8, 4) is 0 Å². The van der Waals surface area contributed by atoms with Crippen molar-refractivity contribution in [2.75, 3.05) is 19.6 Å². The third kappa shape index (κ3) is 3.58. The summed E-state index contributed by atoms with van der Waals surface area (Å²) in [5.41, 5.74) is 2.90. The summed E-state index contributed by atoms with van der Waals surface area (Å²) < 4.78 is 0. The summed E-state index contributed by atoms with van der Waals surface area (Å²) in [7, 11) is 0. The molecule has 0 atom stereocenters. The first-order chi connectivity index (χ1) is 8.83. The van der Waals surface area contributed by atoms with E-state index in [1.165, 1.54) is 18.4 Å². The van der Waals surface area contributed by atoms with Crippen molar-refractivity contribution in [2.45, 2.75) is 25.2 Å². The molecule has 0 radical (unpaired) electrons. The summed E-state index contributed by atoms with van der Waals surface area (Å²) >= 11 is 0. The summed E-state index contributed by atoms with van der Waals surface area (Å²) in [6, 6.07) is 1.88. The number of hydrogen-bond donors (Lipinski definition) is 3. The van der Waals surface area contributed by atoms with Crippen molar-refractivity contribution >= 4 is 18.3 Å². The number of carbonyl (C=O) groups is 1. The van der Waals surface area contributed by atoms with Gasteiger partial charge in [0.25, 0.3) is 5.91 Å². The molecule has 0 unspecified atom stereocenters. The molecule has 2 heterocycles. The molecule has 2 aliphatic rings. The molecule has 5 nitrogen and oxygen atoms in total. The van der Waals surface area contributed by atoms with Gasteiger partial charge in [-0.3, -0.25) is 9.89 Å². The lowest BCUT2D eigenvalue weighted by atomic mass is 10.1. The Balaban J connectivity index is 0.00000133. The number of nitrogens with one attached hydrogen (secondary N) is 3. The number of aromatic nitrogens is 2. The lowest BCUT2D eigenvalue weighted by molar-refractivity contribution is 0.0951. The first-order valence-electron chi connectivity index (χ1n) is 6.55. The van der Waals surface area contributed by atoms with E-state index in [9.17, 15) is 4.79 Å². The number of carbonyl (C=O) groups excluding carboxylic acids is 1. The van der Waals surface area contributed by atoms with E-state index < -0.39 is 0 Å². The Morgan fingerprint density at radius 2 is 2.32 bits per heavy atom. The number of rotatable bonds is 4. The van der Waals surface area contributed by atoms with Crippen LogP contribution in [0.3, 0.4) is 0 Å². The normalized spacial score (nSPS) is 18.4. The van der Waals surface area contributed by atoms with Gasteiger partial charge in [0.1, 0.15) is 5.69 Å². The fourth-order valence-electron chi connectivity index (χ4n) is 2.17. The molecule has 1 fully saturated rings. The smallest absolute Gasteiger partial charge is 0.272 e. The van der Waals surface area contributed by atoms with Crippen molar-refractivity contribution in [1.82, 2.24) is 20.8 Å². The third-order valence-corrected chi connectivity index (χ3v) is 3.48. The van der Waals surface area contributed by atoms with Gasteiger partial charge in [0.05, 0.1) is 0 Å². The molecule has 1 amide bonds. The zero-order valence-electron chi connectivity index (χ0n) is 10.7. The van der Waals surface area contributed by atoms with Crippen molar-refractivity contribution < 1.29 is 4.79 Å². The van der Waals surface area contributed by atoms with Crippen molar-refractivity contribution in [2.24, 2.45) is 0 Å². The van der Waals surface area contributed by atoms with Crippen LogP contribution < -0.4 is 10.6 Å². The highest BCUT2D eigenvalue weighted by Crippen LogP contribution is 2.38.